The molecule has 1 fully saturated rings. The Morgan fingerprint density at radius 1 is 0.955 bits per heavy atom. The molecule has 0 amide bonds. The molecule has 2 atom stereocenters. The minimum Gasteiger partial charge on any atom is -0.497 e. The second-order valence-corrected chi connectivity index (χ2v) is 5.96. The number of benzene rings is 2. The lowest BCUT2D eigenvalue weighted by molar-refractivity contribution is 0.238. The van der Waals surface area contributed by atoms with E-state index in [1.807, 2.05) is 24.3 Å². The Balaban J connectivity index is 2.00. The molecule has 0 bridgehead atoms. The molecule has 1 saturated heterocycles. The summed E-state index contributed by atoms with van der Waals surface area (Å²) >= 11 is 0. The predicted molar refractivity (Wildman–Crippen MR) is 86.3 cm³/mol. The first-order valence-electron chi connectivity index (χ1n) is 7.58. The lowest BCUT2D eigenvalue weighted by Gasteiger charge is -2.18. The van der Waals surface area contributed by atoms with Crippen LogP contribution in [-0.4, -0.2) is 14.2 Å². The van der Waals surface area contributed by atoms with Crippen LogP contribution in [0.15, 0.2) is 48.5 Å². The van der Waals surface area contributed by atoms with E-state index < -0.39 is 0 Å². The van der Waals surface area contributed by atoms with Gasteiger partial charge in [-0.3, -0.25) is 0 Å². The molecule has 22 heavy (non-hydrogen) atoms. The van der Waals surface area contributed by atoms with Gasteiger partial charge in [-0.05, 0) is 29.2 Å². The summed E-state index contributed by atoms with van der Waals surface area (Å²) in [5, 5.41) is 0. The van der Waals surface area contributed by atoms with Crippen molar-refractivity contribution in [3.8, 4) is 11.5 Å². The summed E-state index contributed by atoms with van der Waals surface area (Å²) in [6.45, 7) is 4.40. The van der Waals surface area contributed by atoms with Gasteiger partial charge in [0, 0.05) is 6.07 Å². The van der Waals surface area contributed by atoms with E-state index in [0.717, 1.165) is 17.1 Å². The molecule has 1 aliphatic rings. The van der Waals surface area contributed by atoms with E-state index >= 15 is 0 Å². The Hall–Kier alpha value is -2.00. The maximum absolute atomic E-state index is 6.23. The molecule has 3 nitrogen and oxygen atoms in total. The molecule has 0 aliphatic carbocycles. The number of hydrogen-bond donors (Lipinski definition) is 0. The fraction of sp³-hybridized carbons (Fsp3) is 0.368. The molecule has 3 heteroatoms. The van der Waals surface area contributed by atoms with Gasteiger partial charge in [0.15, 0.2) is 0 Å². The Bertz CT molecular complexity index is 629. The SMILES string of the molecule is COc1cc(OC)cc([C@@H]2O[C@]2(c2ccccc2)C(C)C)c1. The zero-order chi connectivity index (χ0) is 15.7. The molecule has 2 aromatic rings. The Morgan fingerprint density at radius 2 is 1.55 bits per heavy atom. The van der Waals surface area contributed by atoms with Crippen molar-refractivity contribution in [3.05, 3.63) is 59.7 Å². The first-order chi connectivity index (χ1) is 10.6. The van der Waals surface area contributed by atoms with E-state index in [-0.39, 0.29) is 11.7 Å². The first-order valence-corrected chi connectivity index (χ1v) is 7.58. The first kappa shape index (κ1) is 14.9. The predicted octanol–water partition coefficient (Wildman–Crippen LogP) is 4.33. The zero-order valence-electron chi connectivity index (χ0n) is 13.5. The van der Waals surface area contributed by atoms with Crippen LogP contribution in [0.4, 0.5) is 0 Å². The van der Waals surface area contributed by atoms with Crippen molar-refractivity contribution in [3.63, 3.8) is 0 Å². The van der Waals surface area contributed by atoms with Crippen molar-refractivity contribution in [1.82, 2.24) is 0 Å². The Kier molecular flexibility index (Phi) is 3.83. The molecule has 0 spiro atoms. The minimum absolute atomic E-state index is 0.0268. The third kappa shape index (κ3) is 2.35. The molecule has 116 valence electrons. The number of hydrogen-bond acceptors (Lipinski definition) is 3. The molecule has 0 unspecified atom stereocenters. The highest BCUT2D eigenvalue weighted by Gasteiger charge is 2.60. The van der Waals surface area contributed by atoms with Gasteiger partial charge in [0.1, 0.15) is 23.2 Å². The van der Waals surface area contributed by atoms with Crippen LogP contribution in [-0.2, 0) is 10.3 Å². The highest BCUT2D eigenvalue weighted by atomic mass is 16.6. The molecule has 1 aliphatic heterocycles. The summed E-state index contributed by atoms with van der Waals surface area (Å²) in [6, 6.07) is 16.4. The topological polar surface area (TPSA) is 31.0 Å². The Morgan fingerprint density at radius 3 is 2.05 bits per heavy atom. The third-order valence-electron chi connectivity index (χ3n) is 4.40. The molecule has 2 aromatic carbocycles. The highest BCUT2D eigenvalue weighted by Crippen LogP contribution is 2.61. The molecular formula is C19H22O3. The quantitative estimate of drug-likeness (QED) is 0.770. The van der Waals surface area contributed by atoms with Gasteiger partial charge in [-0.2, -0.15) is 0 Å². The lowest BCUT2D eigenvalue weighted by Crippen LogP contribution is -2.18. The normalized spacial score (nSPS) is 23.4. The van der Waals surface area contributed by atoms with Crippen molar-refractivity contribution in [1.29, 1.82) is 0 Å². The van der Waals surface area contributed by atoms with E-state index in [4.69, 9.17) is 14.2 Å². The van der Waals surface area contributed by atoms with Crippen LogP contribution in [0.5, 0.6) is 11.5 Å². The number of ether oxygens (including phenoxy) is 3. The summed E-state index contributed by atoms with van der Waals surface area (Å²) in [5.41, 5.74) is 2.05. The van der Waals surface area contributed by atoms with Gasteiger partial charge in [-0.1, -0.05) is 44.2 Å². The Labute approximate surface area is 131 Å². The summed E-state index contributed by atoms with van der Waals surface area (Å²) in [6.07, 6.45) is 0.0268. The minimum atomic E-state index is -0.265. The standard InChI is InChI=1S/C19H22O3/c1-13(2)19(15-8-6-5-7-9-15)18(22-19)14-10-16(20-3)12-17(11-14)21-4/h5-13,18H,1-4H3/t18-,19-/m0/s1. The lowest BCUT2D eigenvalue weighted by atomic mass is 9.83. The second kappa shape index (κ2) is 5.65. The van der Waals surface area contributed by atoms with Crippen LogP contribution in [0.3, 0.4) is 0 Å². The zero-order valence-corrected chi connectivity index (χ0v) is 13.5. The van der Waals surface area contributed by atoms with E-state index in [0.29, 0.717) is 5.92 Å². The van der Waals surface area contributed by atoms with Gasteiger partial charge in [0.2, 0.25) is 0 Å². The molecule has 0 N–H and O–H groups in total. The fourth-order valence-electron chi connectivity index (χ4n) is 3.15. The maximum Gasteiger partial charge on any atom is 0.127 e. The van der Waals surface area contributed by atoms with Crippen molar-refractivity contribution in [2.24, 2.45) is 5.92 Å². The maximum atomic E-state index is 6.23. The van der Waals surface area contributed by atoms with Gasteiger partial charge in [-0.25, -0.2) is 0 Å². The molecule has 3 rings (SSSR count). The van der Waals surface area contributed by atoms with Gasteiger partial charge in [-0.15, -0.1) is 0 Å². The van der Waals surface area contributed by atoms with E-state index in [1.54, 1.807) is 14.2 Å². The monoisotopic (exact) mass is 298 g/mol. The number of rotatable bonds is 5. The van der Waals surface area contributed by atoms with Crippen LogP contribution in [0, 0.1) is 5.92 Å². The van der Waals surface area contributed by atoms with Gasteiger partial charge in [0.05, 0.1) is 14.2 Å². The van der Waals surface area contributed by atoms with Gasteiger partial charge < -0.3 is 14.2 Å². The van der Waals surface area contributed by atoms with Crippen molar-refractivity contribution < 1.29 is 14.2 Å². The molecule has 0 saturated carbocycles. The largest absolute Gasteiger partial charge is 0.497 e. The number of methoxy groups -OCH3 is 2. The molecular weight excluding hydrogens is 276 g/mol. The molecule has 1 heterocycles. The third-order valence-corrected chi connectivity index (χ3v) is 4.40. The van der Waals surface area contributed by atoms with Crippen LogP contribution in [0.1, 0.15) is 31.1 Å². The average molecular weight is 298 g/mol. The fourth-order valence-corrected chi connectivity index (χ4v) is 3.15. The average Bonchev–Trinajstić information content (AvgIpc) is 3.32. The van der Waals surface area contributed by atoms with Crippen molar-refractivity contribution in [2.75, 3.05) is 14.2 Å². The molecule has 0 radical (unpaired) electrons. The van der Waals surface area contributed by atoms with E-state index in [9.17, 15) is 0 Å². The van der Waals surface area contributed by atoms with E-state index in [1.165, 1.54) is 5.56 Å². The van der Waals surface area contributed by atoms with E-state index in [2.05, 4.69) is 38.1 Å². The summed E-state index contributed by atoms with van der Waals surface area (Å²) in [4.78, 5) is 0. The summed E-state index contributed by atoms with van der Waals surface area (Å²) in [5.74, 6) is 1.95. The van der Waals surface area contributed by atoms with Crippen LogP contribution >= 0.6 is 0 Å². The highest BCUT2D eigenvalue weighted by molar-refractivity contribution is 5.44. The van der Waals surface area contributed by atoms with Crippen molar-refractivity contribution >= 4 is 0 Å². The molecule has 0 aromatic heterocycles. The second-order valence-electron chi connectivity index (χ2n) is 5.96. The van der Waals surface area contributed by atoms with Crippen LogP contribution in [0.25, 0.3) is 0 Å². The van der Waals surface area contributed by atoms with Gasteiger partial charge in [0.25, 0.3) is 0 Å². The van der Waals surface area contributed by atoms with Crippen LogP contribution < -0.4 is 9.47 Å². The van der Waals surface area contributed by atoms with Gasteiger partial charge >= 0.3 is 0 Å². The number of epoxide rings is 1. The summed E-state index contributed by atoms with van der Waals surface area (Å²) in [7, 11) is 3.33. The van der Waals surface area contributed by atoms with Crippen molar-refractivity contribution in [2.45, 2.75) is 25.6 Å². The smallest absolute Gasteiger partial charge is 0.127 e. The summed E-state index contributed by atoms with van der Waals surface area (Å²) < 4.78 is 17.0. The van der Waals surface area contributed by atoms with Crippen LogP contribution in [0.2, 0.25) is 0 Å².